The Morgan fingerprint density at radius 3 is 2.67 bits per heavy atom. The number of methoxy groups -OCH3 is 1. The second kappa shape index (κ2) is 8.48. The molecule has 0 aromatic heterocycles. The molecule has 0 radical (unpaired) electrons. The molecule has 0 N–H and O–H groups in total. The van der Waals surface area contributed by atoms with Crippen molar-refractivity contribution >= 4 is 5.91 Å². The molecular weight excluding hydrogens is 344 g/mol. The number of hydrogen-bond donors (Lipinski definition) is 0. The van der Waals surface area contributed by atoms with E-state index in [1.807, 2.05) is 6.07 Å². The van der Waals surface area contributed by atoms with Gasteiger partial charge in [0.2, 0.25) is 5.91 Å². The molecule has 1 aromatic carbocycles. The maximum Gasteiger partial charge on any atom is 0.237 e. The minimum atomic E-state index is 0.152. The van der Waals surface area contributed by atoms with E-state index in [4.69, 9.17) is 14.2 Å². The Morgan fingerprint density at radius 1 is 1.11 bits per heavy atom. The molecule has 0 unspecified atom stereocenters. The molecule has 6 nitrogen and oxygen atoms in total. The van der Waals surface area contributed by atoms with Crippen LogP contribution in [-0.2, 0) is 9.53 Å². The lowest BCUT2D eigenvalue weighted by Gasteiger charge is -2.33. The third-order valence-electron chi connectivity index (χ3n) is 5.99. The summed E-state index contributed by atoms with van der Waals surface area (Å²) in [6, 6.07) is 6.27. The molecule has 3 aliphatic rings. The van der Waals surface area contributed by atoms with Crippen molar-refractivity contribution in [2.75, 3.05) is 53.1 Å². The standard InChI is InChI=1S/C21H30N2O4/c1-25-15-16-6-9-22(10-7-16)14-21(24)23-8-2-3-18(23)17-4-5-19-20(13-17)27-12-11-26-19/h4-5,13,16,18H,2-3,6-12,14-15H2,1H3/t18-/m1/s1. The fraction of sp³-hybridized carbons (Fsp3) is 0.667. The summed E-state index contributed by atoms with van der Waals surface area (Å²) < 4.78 is 16.6. The Bertz CT molecular complexity index is 658. The van der Waals surface area contributed by atoms with Crippen LogP contribution < -0.4 is 9.47 Å². The fourth-order valence-electron chi connectivity index (χ4n) is 4.51. The van der Waals surface area contributed by atoms with Crippen molar-refractivity contribution in [3.63, 3.8) is 0 Å². The van der Waals surface area contributed by atoms with E-state index in [2.05, 4.69) is 21.9 Å². The minimum Gasteiger partial charge on any atom is -0.486 e. The number of carbonyl (C=O) groups excluding carboxylic acids is 1. The highest BCUT2D eigenvalue weighted by molar-refractivity contribution is 5.79. The van der Waals surface area contributed by atoms with Gasteiger partial charge in [-0.25, -0.2) is 0 Å². The average molecular weight is 374 g/mol. The van der Waals surface area contributed by atoms with Crippen molar-refractivity contribution in [3.05, 3.63) is 23.8 Å². The second-order valence-corrected chi connectivity index (χ2v) is 7.82. The van der Waals surface area contributed by atoms with Gasteiger partial charge in [0.05, 0.1) is 12.6 Å². The summed E-state index contributed by atoms with van der Waals surface area (Å²) in [6.07, 6.45) is 4.31. The average Bonchev–Trinajstić information content (AvgIpc) is 3.19. The number of carbonyl (C=O) groups is 1. The van der Waals surface area contributed by atoms with Crippen molar-refractivity contribution in [1.29, 1.82) is 0 Å². The highest BCUT2D eigenvalue weighted by Gasteiger charge is 2.32. The van der Waals surface area contributed by atoms with Gasteiger partial charge < -0.3 is 19.1 Å². The van der Waals surface area contributed by atoms with Crippen LogP contribution in [-0.4, -0.2) is 68.8 Å². The molecule has 3 aliphatic heterocycles. The summed E-state index contributed by atoms with van der Waals surface area (Å²) >= 11 is 0. The van der Waals surface area contributed by atoms with Crippen LogP contribution in [0.15, 0.2) is 18.2 Å². The normalized spacial score (nSPS) is 23.6. The molecule has 148 valence electrons. The number of hydrogen-bond acceptors (Lipinski definition) is 5. The van der Waals surface area contributed by atoms with E-state index in [1.165, 1.54) is 0 Å². The van der Waals surface area contributed by atoms with Gasteiger partial charge in [-0.05, 0) is 62.4 Å². The van der Waals surface area contributed by atoms with Crippen molar-refractivity contribution in [2.45, 2.75) is 31.7 Å². The highest BCUT2D eigenvalue weighted by atomic mass is 16.6. The first-order valence-corrected chi connectivity index (χ1v) is 10.1. The number of rotatable bonds is 5. The van der Waals surface area contributed by atoms with Gasteiger partial charge in [-0.15, -0.1) is 0 Å². The van der Waals surface area contributed by atoms with E-state index >= 15 is 0 Å². The smallest absolute Gasteiger partial charge is 0.237 e. The Hall–Kier alpha value is -1.79. The Balaban J connectivity index is 1.37. The number of benzene rings is 1. The van der Waals surface area contributed by atoms with E-state index < -0.39 is 0 Å². The molecule has 0 aliphatic carbocycles. The quantitative estimate of drug-likeness (QED) is 0.793. The molecule has 2 saturated heterocycles. The maximum absolute atomic E-state index is 13.0. The predicted molar refractivity (Wildman–Crippen MR) is 102 cm³/mol. The van der Waals surface area contributed by atoms with Crippen LogP contribution >= 0.6 is 0 Å². The zero-order valence-electron chi connectivity index (χ0n) is 16.2. The first-order valence-electron chi connectivity index (χ1n) is 10.1. The molecule has 0 saturated carbocycles. The van der Waals surface area contributed by atoms with Crippen molar-refractivity contribution in [3.8, 4) is 11.5 Å². The van der Waals surface area contributed by atoms with Gasteiger partial charge in [-0.3, -0.25) is 9.69 Å². The second-order valence-electron chi connectivity index (χ2n) is 7.82. The summed E-state index contributed by atoms with van der Waals surface area (Å²) in [4.78, 5) is 17.4. The Kier molecular flexibility index (Phi) is 5.83. The molecule has 1 aromatic rings. The number of piperidine rings is 1. The van der Waals surface area contributed by atoms with Crippen LogP contribution in [0, 0.1) is 5.92 Å². The monoisotopic (exact) mass is 374 g/mol. The summed E-state index contributed by atoms with van der Waals surface area (Å²) in [5, 5.41) is 0. The lowest BCUT2D eigenvalue weighted by molar-refractivity contribution is -0.133. The summed E-state index contributed by atoms with van der Waals surface area (Å²) in [7, 11) is 1.77. The molecule has 27 heavy (non-hydrogen) atoms. The SMILES string of the molecule is COCC1CCN(CC(=O)N2CCC[C@@H]2c2ccc3c(c2)OCCO3)CC1. The summed E-state index contributed by atoms with van der Waals surface area (Å²) in [5.74, 6) is 2.49. The predicted octanol–water partition coefficient (Wildman–Crippen LogP) is 2.48. The molecule has 6 heteroatoms. The van der Waals surface area contributed by atoms with Gasteiger partial charge in [-0.2, -0.15) is 0 Å². The summed E-state index contributed by atoms with van der Waals surface area (Å²) in [6.45, 7) is 5.37. The first-order chi connectivity index (χ1) is 13.2. The third kappa shape index (κ3) is 4.22. The Morgan fingerprint density at radius 2 is 1.89 bits per heavy atom. The van der Waals surface area contributed by atoms with Gasteiger partial charge in [0.1, 0.15) is 13.2 Å². The van der Waals surface area contributed by atoms with E-state index in [0.29, 0.717) is 25.7 Å². The molecule has 0 spiro atoms. The topological polar surface area (TPSA) is 51.2 Å². The van der Waals surface area contributed by atoms with Gasteiger partial charge in [-0.1, -0.05) is 6.07 Å². The van der Waals surface area contributed by atoms with Crippen LogP contribution in [0.4, 0.5) is 0 Å². The van der Waals surface area contributed by atoms with E-state index in [-0.39, 0.29) is 11.9 Å². The molecule has 1 atom stereocenters. The zero-order valence-corrected chi connectivity index (χ0v) is 16.2. The van der Waals surface area contributed by atoms with Gasteiger partial charge in [0, 0.05) is 20.3 Å². The van der Waals surface area contributed by atoms with Crippen molar-refractivity contribution in [1.82, 2.24) is 9.80 Å². The van der Waals surface area contributed by atoms with Crippen LogP contribution in [0.3, 0.4) is 0 Å². The van der Waals surface area contributed by atoms with Crippen LogP contribution in [0.25, 0.3) is 0 Å². The zero-order chi connectivity index (χ0) is 18.6. The minimum absolute atomic E-state index is 0.152. The molecule has 0 bridgehead atoms. The lowest BCUT2D eigenvalue weighted by atomic mass is 9.98. The van der Waals surface area contributed by atoms with Crippen molar-refractivity contribution in [2.24, 2.45) is 5.92 Å². The molecule has 3 heterocycles. The lowest BCUT2D eigenvalue weighted by Crippen LogP contribution is -2.43. The van der Waals surface area contributed by atoms with Crippen LogP contribution in [0.1, 0.15) is 37.3 Å². The third-order valence-corrected chi connectivity index (χ3v) is 5.99. The van der Waals surface area contributed by atoms with Gasteiger partial charge in [0.25, 0.3) is 0 Å². The molecule has 2 fully saturated rings. The van der Waals surface area contributed by atoms with E-state index in [9.17, 15) is 4.79 Å². The molecule has 1 amide bonds. The number of amides is 1. The van der Waals surface area contributed by atoms with Crippen LogP contribution in [0.2, 0.25) is 0 Å². The van der Waals surface area contributed by atoms with Crippen molar-refractivity contribution < 1.29 is 19.0 Å². The number of ether oxygens (including phenoxy) is 3. The maximum atomic E-state index is 13.0. The molecular formula is C21H30N2O4. The van der Waals surface area contributed by atoms with Gasteiger partial charge in [0.15, 0.2) is 11.5 Å². The van der Waals surface area contributed by atoms with Gasteiger partial charge >= 0.3 is 0 Å². The summed E-state index contributed by atoms with van der Waals surface area (Å²) in [5.41, 5.74) is 1.16. The largest absolute Gasteiger partial charge is 0.486 e. The fourth-order valence-corrected chi connectivity index (χ4v) is 4.51. The van der Waals surface area contributed by atoms with Crippen LogP contribution in [0.5, 0.6) is 11.5 Å². The van der Waals surface area contributed by atoms with E-state index in [0.717, 1.165) is 69.0 Å². The van der Waals surface area contributed by atoms with E-state index in [1.54, 1.807) is 7.11 Å². The number of nitrogens with zero attached hydrogens (tertiary/aromatic N) is 2. The molecule has 4 rings (SSSR count). The highest BCUT2D eigenvalue weighted by Crippen LogP contribution is 2.38. The Labute approximate surface area is 161 Å². The first kappa shape index (κ1) is 18.6. The number of fused-ring (bicyclic) bond motifs is 1. The number of likely N-dealkylation sites (tertiary alicyclic amines) is 2.